The van der Waals surface area contributed by atoms with E-state index in [9.17, 15) is 13.2 Å². The quantitative estimate of drug-likeness (QED) is 0.777. The Bertz CT molecular complexity index is 670. The molecule has 0 aliphatic carbocycles. The number of nitrogens with zero attached hydrogens (tertiary/aromatic N) is 2. The van der Waals surface area contributed by atoms with Crippen molar-refractivity contribution in [2.24, 2.45) is 0 Å². The van der Waals surface area contributed by atoms with Crippen molar-refractivity contribution in [2.45, 2.75) is 38.2 Å². The molecule has 0 unspecified atom stereocenters. The molecule has 0 saturated carbocycles. The second kappa shape index (κ2) is 7.97. The predicted molar refractivity (Wildman–Crippen MR) is 88.8 cm³/mol. The van der Waals surface area contributed by atoms with Gasteiger partial charge in [-0.1, -0.05) is 18.2 Å². The summed E-state index contributed by atoms with van der Waals surface area (Å²) in [6.07, 6.45) is 1.09. The first-order valence-electron chi connectivity index (χ1n) is 8.40. The number of benzene rings is 1. The molecule has 1 aliphatic heterocycles. The number of alkyl halides is 3. The lowest BCUT2D eigenvalue weighted by atomic mass is 10.1. The molecule has 3 nitrogen and oxygen atoms in total. The Morgan fingerprint density at radius 2 is 1.84 bits per heavy atom. The second-order valence-corrected chi connectivity index (χ2v) is 6.32. The van der Waals surface area contributed by atoms with Crippen molar-refractivity contribution in [3.05, 3.63) is 65.5 Å². The van der Waals surface area contributed by atoms with Gasteiger partial charge in [-0.05, 0) is 42.2 Å². The SMILES string of the molecule is FC(F)(F)c1ccccc1CN(Cc1ccncc1)C[C@@H]1CCCO1. The highest BCUT2D eigenvalue weighted by atomic mass is 19.4. The molecule has 0 radical (unpaired) electrons. The van der Waals surface area contributed by atoms with Gasteiger partial charge in [0.2, 0.25) is 0 Å². The van der Waals surface area contributed by atoms with E-state index in [4.69, 9.17) is 4.74 Å². The molecule has 1 aliphatic rings. The van der Waals surface area contributed by atoms with E-state index in [0.29, 0.717) is 18.7 Å². The normalized spacial score (nSPS) is 18.0. The number of rotatable bonds is 6. The van der Waals surface area contributed by atoms with E-state index in [1.807, 2.05) is 17.0 Å². The molecule has 1 atom stereocenters. The van der Waals surface area contributed by atoms with Crippen molar-refractivity contribution in [3.63, 3.8) is 0 Å². The van der Waals surface area contributed by atoms with Gasteiger partial charge in [0, 0.05) is 38.6 Å². The lowest BCUT2D eigenvalue weighted by Crippen LogP contribution is -2.32. The summed E-state index contributed by atoms with van der Waals surface area (Å²) in [4.78, 5) is 6.02. The maximum Gasteiger partial charge on any atom is 0.416 e. The predicted octanol–water partition coefficient (Wildman–Crippen LogP) is 4.28. The highest BCUT2D eigenvalue weighted by Crippen LogP contribution is 2.32. The monoisotopic (exact) mass is 350 g/mol. The van der Waals surface area contributed by atoms with Gasteiger partial charge in [0.05, 0.1) is 11.7 Å². The zero-order valence-electron chi connectivity index (χ0n) is 13.9. The number of ether oxygens (including phenoxy) is 1. The van der Waals surface area contributed by atoms with E-state index >= 15 is 0 Å². The first-order chi connectivity index (χ1) is 12.0. The van der Waals surface area contributed by atoms with Crippen LogP contribution in [0.25, 0.3) is 0 Å². The molecule has 134 valence electrons. The molecule has 0 bridgehead atoms. The summed E-state index contributed by atoms with van der Waals surface area (Å²) in [6, 6.07) is 9.56. The Labute approximate surface area is 145 Å². The molecule has 0 amide bonds. The summed E-state index contributed by atoms with van der Waals surface area (Å²) in [5.74, 6) is 0. The summed E-state index contributed by atoms with van der Waals surface area (Å²) < 4.78 is 45.5. The topological polar surface area (TPSA) is 25.4 Å². The Morgan fingerprint density at radius 1 is 1.08 bits per heavy atom. The zero-order chi connectivity index (χ0) is 17.7. The number of aromatic nitrogens is 1. The van der Waals surface area contributed by atoms with Crippen LogP contribution in [0.5, 0.6) is 0 Å². The Kier molecular flexibility index (Phi) is 5.71. The fourth-order valence-corrected chi connectivity index (χ4v) is 3.18. The van der Waals surface area contributed by atoms with E-state index in [1.54, 1.807) is 24.5 Å². The summed E-state index contributed by atoms with van der Waals surface area (Å²) in [6.45, 7) is 2.15. The van der Waals surface area contributed by atoms with Crippen LogP contribution in [0.3, 0.4) is 0 Å². The van der Waals surface area contributed by atoms with Gasteiger partial charge in [0.25, 0.3) is 0 Å². The van der Waals surface area contributed by atoms with Crippen molar-refractivity contribution in [2.75, 3.05) is 13.2 Å². The smallest absolute Gasteiger partial charge is 0.377 e. The number of hydrogen-bond acceptors (Lipinski definition) is 3. The Hall–Kier alpha value is -1.92. The van der Waals surface area contributed by atoms with E-state index < -0.39 is 11.7 Å². The van der Waals surface area contributed by atoms with E-state index in [1.165, 1.54) is 6.07 Å². The third kappa shape index (κ3) is 5.03. The van der Waals surface area contributed by atoms with Gasteiger partial charge in [-0.3, -0.25) is 9.88 Å². The van der Waals surface area contributed by atoms with E-state index in [0.717, 1.165) is 31.1 Å². The molecule has 2 aromatic rings. The second-order valence-electron chi connectivity index (χ2n) is 6.32. The van der Waals surface area contributed by atoms with Crippen molar-refractivity contribution in [1.82, 2.24) is 9.88 Å². The molecule has 1 fully saturated rings. The van der Waals surface area contributed by atoms with Gasteiger partial charge in [0.15, 0.2) is 0 Å². The van der Waals surface area contributed by atoms with E-state index in [2.05, 4.69) is 4.98 Å². The zero-order valence-corrected chi connectivity index (χ0v) is 13.9. The van der Waals surface area contributed by atoms with Crippen LogP contribution in [0.4, 0.5) is 13.2 Å². The van der Waals surface area contributed by atoms with Crippen LogP contribution < -0.4 is 0 Å². The summed E-state index contributed by atoms with van der Waals surface area (Å²) in [5.41, 5.74) is 0.751. The minimum atomic E-state index is -4.34. The summed E-state index contributed by atoms with van der Waals surface area (Å²) >= 11 is 0. The van der Waals surface area contributed by atoms with Crippen LogP contribution in [-0.4, -0.2) is 29.1 Å². The fourth-order valence-electron chi connectivity index (χ4n) is 3.18. The van der Waals surface area contributed by atoms with Crippen molar-refractivity contribution < 1.29 is 17.9 Å². The van der Waals surface area contributed by atoms with Gasteiger partial charge in [-0.25, -0.2) is 0 Å². The molecule has 6 heteroatoms. The third-order valence-electron chi connectivity index (χ3n) is 4.36. The average molecular weight is 350 g/mol. The van der Waals surface area contributed by atoms with Crippen LogP contribution in [0.15, 0.2) is 48.8 Å². The first kappa shape index (κ1) is 17.9. The molecule has 2 heterocycles. The maximum absolute atomic E-state index is 13.3. The number of pyridine rings is 1. The molecule has 1 aromatic heterocycles. The highest BCUT2D eigenvalue weighted by Gasteiger charge is 2.33. The number of hydrogen-bond donors (Lipinski definition) is 0. The van der Waals surface area contributed by atoms with Gasteiger partial charge in [-0.15, -0.1) is 0 Å². The first-order valence-corrected chi connectivity index (χ1v) is 8.40. The van der Waals surface area contributed by atoms with Crippen LogP contribution >= 0.6 is 0 Å². The van der Waals surface area contributed by atoms with Gasteiger partial charge < -0.3 is 4.74 Å². The van der Waals surface area contributed by atoms with Crippen LogP contribution in [0, 0.1) is 0 Å². The van der Waals surface area contributed by atoms with Crippen molar-refractivity contribution in [3.8, 4) is 0 Å². The standard InChI is InChI=1S/C19H21F3N2O/c20-19(21,22)18-6-2-1-4-16(18)13-24(14-17-5-3-11-25-17)12-15-7-9-23-10-8-15/h1-2,4,6-10,17H,3,5,11-14H2/t17-/m0/s1. The van der Waals surface area contributed by atoms with Gasteiger partial charge in [-0.2, -0.15) is 13.2 Å². The molecular formula is C19H21F3N2O. The average Bonchev–Trinajstić information content (AvgIpc) is 3.08. The van der Waals surface area contributed by atoms with Gasteiger partial charge in [0.1, 0.15) is 0 Å². The minimum Gasteiger partial charge on any atom is -0.377 e. The van der Waals surface area contributed by atoms with Crippen LogP contribution in [0.1, 0.15) is 29.5 Å². The third-order valence-corrected chi connectivity index (χ3v) is 4.36. The maximum atomic E-state index is 13.3. The highest BCUT2D eigenvalue weighted by molar-refractivity contribution is 5.29. The minimum absolute atomic E-state index is 0.0832. The molecular weight excluding hydrogens is 329 g/mol. The lowest BCUT2D eigenvalue weighted by Gasteiger charge is -2.26. The molecule has 25 heavy (non-hydrogen) atoms. The van der Waals surface area contributed by atoms with Crippen molar-refractivity contribution in [1.29, 1.82) is 0 Å². The summed E-state index contributed by atoms with van der Waals surface area (Å²) in [5, 5.41) is 0. The Morgan fingerprint density at radius 3 is 2.52 bits per heavy atom. The van der Waals surface area contributed by atoms with Crippen molar-refractivity contribution >= 4 is 0 Å². The van der Waals surface area contributed by atoms with Crippen LogP contribution in [0.2, 0.25) is 0 Å². The van der Waals surface area contributed by atoms with Crippen LogP contribution in [-0.2, 0) is 24.0 Å². The Balaban J connectivity index is 1.79. The molecule has 1 aromatic carbocycles. The molecule has 0 spiro atoms. The number of halogens is 3. The fraction of sp³-hybridized carbons (Fsp3) is 0.421. The summed E-state index contributed by atoms with van der Waals surface area (Å²) in [7, 11) is 0. The largest absolute Gasteiger partial charge is 0.416 e. The van der Waals surface area contributed by atoms with Gasteiger partial charge >= 0.3 is 6.18 Å². The molecule has 0 N–H and O–H groups in total. The lowest BCUT2D eigenvalue weighted by molar-refractivity contribution is -0.138. The van der Waals surface area contributed by atoms with E-state index in [-0.39, 0.29) is 12.6 Å². The molecule has 1 saturated heterocycles. The molecule has 3 rings (SSSR count).